The lowest BCUT2D eigenvalue weighted by atomic mass is 10.1. The zero-order chi connectivity index (χ0) is 16.4. The average molecular weight is 333 g/mol. The fourth-order valence-electron chi connectivity index (χ4n) is 2.83. The van der Waals surface area contributed by atoms with Gasteiger partial charge in [-0.25, -0.2) is 0 Å². The van der Waals surface area contributed by atoms with Gasteiger partial charge in [-0.05, 0) is 58.5 Å². The Kier molecular flexibility index (Phi) is 4.18. The second-order valence-electron chi connectivity index (χ2n) is 5.95. The van der Waals surface area contributed by atoms with Crippen LogP contribution in [0.15, 0.2) is 60.9 Å². The van der Waals surface area contributed by atoms with Crippen LogP contribution in [-0.2, 0) is 0 Å². The minimum atomic E-state index is 0.788. The fraction of sp³-hybridized carbons (Fsp3) is 0.190. The maximum atomic E-state index is 5.80. The van der Waals surface area contributed by atoms with Crippen LogP contribution in [0.3, 0.4) is 0 Å². The molecule has 2 aromatic carbocycles. The summed E-state index contributed by atoms with van der Waals surface area (Å²) in [5, 5.41) is 3.71. The Morgan fingerprint density at radius 3 is 2.71 bits per heavy atom. The van der Waals surface area contributed by atoms with Gasteiger partial charge in [-0.1, -0.05) is 31.5 Å². The topological polar surface area (TPSA) is 22.1 Å². The van der Waals surface area contributed by atoms with Crippen LogP contribution in [0.1, 0.15) is 19.8 Å². The number of ether oxygens (including phenoxy) is 1. The zero-order valence-corrected chi connectivity index (χ0v) is 14.5. The number of benzene rings is 2. The minimum Gasteiger partial charge on any atom is -0.494 e. The average Bonchev–Trinajstić information content (AvgIpc) is 3.05. The molecule has 0 fully saturated rings. The van der Waals surface area contributed by atoms with E-state index in [9.17, 15) is 0 Å². The van der Waals surface area contributed by atoms with Crippen molar-refractivity contribution >= 4 is 32.2 Å². The summed E-state index contributed by atoms with van der Waals surface area (Å²) in [5.74, 6) is 0.955. The highest BCUT2D eigenvalue weighted by molar-refractivity contribution is 7.22. The van der Waals surface area contributed by atoms with E-state index in [2.05, 4.69) is 60.4 Å². The van der Waals surface area contributed by atoms with Gasteiger partial charge in [0.1, 0.15) is 5.75 Å². The van der Waals surface area contributed by atoms with Crippen molar-refractivity contribution in [2.45, 2.75) is 19.8 Å². The number of aromatic nitrogens is 1. The molecule has 0 saturated carbocycles. The first-order chi connectivity index (χ1) is 11.8. The van der Waals surface area contributed by atoms with Crippen molar-refractivity contribution in [1.82, 2.24) is 4.98 Å². The molecule has 0 aliphatic rings. The molecule has 0 bridgehead atoms. The number of unbranched alkanes of at least 4 members (excludes halogenated alkanes) is 1. The van der Waals surface area contributed by atoms with Gasteiger partial charge in [-0.15, -0.1) is 11.3 Å². The third-order valence-electron chi connectivity index (χ3n) is 4.19. The van der Waals surface area contributed by atoms with Gasteiger partial charge in [0.2, 0.25) is 0 Å². The molecular weight excluding hydrogens is 314 g/mol. The van der Waals surface area contributed by atoms with E-state index in [4.69, 9.17) is 4.74 Å². The first kappa shape index (κ1) is 15.2. The summed E-state index contributed by atoms with van der Waals surface area (Å²) in [6, 6.07) is 17.3. The maximum absolute atomic E-state index is 5.80. The Morgan fingerprint density at radius 1 is 0.958 bits per heavy atom. The van der Waals surface area contributed by atoms with Gasteiger partial charge >= 0.3 is 0 Å². The van der Waals surface area contributed by atoms with Crippen LogP contribution in [0.4, 0.5) is 0 Å². The number of pyridine rings is 1. The van der Waals surface area contributed by atoms with Gasteiger partial charge in [0.05, 0.1) is 11.3 Å². The number of nitrogens with zero attached hydrogens (tertiary/aromatic N) is 1. The molecule has 0 unspecified atom stereocenters. The van der Waals surface area contributed by atoms with E-state index in [0.717, 1.165) is 25.2 Å². The van der Waals surface area contributed by atoms with Crippen molar-refractivity contribution < 1.29 is 4.74 Å². The third-order valence-corrected chi connectivity index (χ3v) is 5.32. The highest BCUT2D eigenvalue weighted by atomic mass is 32.1. The van der Waals surface area contributed by atoms with E-state index in [1.807, 2.05) is 12.4 Å². The van der Waals surface area contributed by atoms with E-state index < -0.39 is 0 Å². The van der Waals surface area contributed by atoms with E-state index in [0.29, 0.717) is 0 Å². The molecule has 0 amide bonds. The van der Waals surface area contributed by atoms with Crippen LogP contribution in [0.5, 0.6) is 5.75 Å². The Labute approximate surface area is 145 Å². The van der Waals surface area contributed by atoms with E-state index in [1.165, 1.54) is 31.3 Å². The van der Waals surface area contributed by atoms with Gasteiger partial charge in [-0.3, -0.25) is 4.98 Å². The molecule has 120 valence electrons. The van der Waals surface area contributed by atoms with Crippen molar-refractivity contribution in [1.29, 1.82) is 0 Å². The van der Waals surface area contributed by atoms with Gasteiger partial charge in [0, 0.05) is 17.3 Å². The number of thiophene rings is 1. The van der Waals surface area contributed by atoms with Crippen LogP contribution >= 0.6 is 11.3 Å². The first-order valence-electron chi connectivity index (χ1n) is 8.34. The molecule has 0 atom stereocenters. The van der Waals surface area contributed by atoms with Crippen LogP contribution in [0.25, 0.3) is 31.3 Å². The van der Waals surface area contributed by atoms with Gasteiger partial charge in [0.25, 0.3) is 0 Å². The predicted octanol–water partition coefficient (Wildman–Crippen LogP) is 6.30. The summed E-state index contributed by atoms with van der Waals surface area (Å²) >= 11 is 1.79. The molecule has 0 N–H and O–H groups in total. The molecule has 0 saturated heterocycles. The summed E-state index contributed by atoms with van der Waals surface area (Å²) in [6.45, 7) is 2.96. The standard InChI is InChI=1S/C21H19NOS/c1-2-3-10-23-19-7-6-15-11-17(5-4-16(15)12-19)20-13-18-8-9-22-14-21(18)24-20/h4-9,11-14H,2-3,10H2,1H3. The fourth-order valence-corrected chi connectivity index (χ4v) is 3.85. The van der Waals surface area contributed by atoms with Crippen molar-refractivity contribution in [3.63, 3.8) is 0 Å². The molecule has 24 heavy (non-hydrogen) atoms. The van der Waals surface area contributed by atoms with E-state index in [-0.39, 0.29) is 0 Å². The monoisotopic (exact) mass is 333 g/mol. The lowest BCUT2D eigenvalue weighted by Gasteiger charge is -2.07. The smallest absolute Gasteiger partial charge is 0.119 e. The molecule has 2 nitrogen and oxygen atoms in total. The van der Waals surface area contributed by atoms with E-state index >= 15 is 0 Å². The number of rotatable bonds is 5. The second kappa shape index (κ2) is 6.62. The third kappa shape index (κ3) is 3.00. The van der Waals surface area contributed by atoms with Gasteiger partial charge < -0.3 is 4.74 Å². The lowest BCUT2D eigenvalue weighted by Crippen LogP contribution is -1.95. The molecule has 0 aliphatic heterocycles. The molecule has 0 aliphatic carbocycles. The number of hydrogen-bond acceptors (Lipinski definition) is 3. The highest BCUT2D eigenvalue weighted by Crippen LogP contribution is 2.34. The summed E-state index contributed by atoms with van der Waals surface area (Å²) in [7, 11) is 0. The summed E-state index contributed by atoms with van der Waals surface area (Å²) in [5.41, 5.74) is 1.25. The molecule has 2 aromatic heterocycles. The van der Waals surface area contributed by atoms with Crippen LogP contribution in [-0.4, -0.2) is 11.6 Å². The molecule has 0 radical (unpaired) electrons. The predicted molar refractivity (Wildman–Crippen MR) is 103 cm³/mol. The molecular formula is C21H19NOS. The lowest BCUT2D eigenvalue weighted by molar-refractivity contribution is 0.310. The van der Waals surface area contributed by atoms with Crippen molar-refractivity contribution in [2.75, 3.05) is 6.61 Å². The Bertz CT molecular complexity index is 956. The summed E-state index contributed by atoms with van der Waals surface area (Å²) in [6.07, 6.45) is 6.03. The summed E-state index contributed by atoms with van der Waals surface area (Å²) in [4.78, 5) is 5.49. The van der Waals surface area contributed by atoms with Gasteiger partial charge in [0.15, 0.2) is 0 Å². The van der Waals surface area contributed by atoms with Crippen molar-refractivity contribution in [2.24, 2.45) is 0 Å². The van der Waals surface area contributed by atoms with E-state index in [1.54, 1.807) is 11.3 Å². The molecule has 2 heterocycles. The quantitative estimate of drug-likeness (QED) is 0.400. The molecule has 0 spiro atoms. The Balaban J connectivity index is 1.66. The largest absolute Gasteiger partial charge is 0.494 e. The van der Waals surface area contributed by atoms with Crippen LogP contribution < -0.4 is 4.74 Å². The van der Waals surface area contributed by atoms with Crippen molar-refractivity contribution in [3.8, 4) is 16.2 Å². The number of hydrogen-bond donors (Lipinski definition) is 0. The van der Waals surface area contributed by atoms with Crippen LogP contribution in [0, 0.1) is 0 Å². The zero-order valence-electron chi connectivity index (χ0n) is 13.7. The SMILES string of the molecule is CCCCOc1ccc2cc(-c3cc4ccncc4s3)ccc2c1. The maximum Gasteiger partial charge on any atom is 0.119 e. The molecule has 3 heteroatoms. The second-order valence-corrected chi connectivity index (χ2v) is 7.03. The number of fused-ring (bicyclic) bond motifs is 2. The normalized spacial score (nSPS) is 11.2. The van der Waals surface area contributed by atoms with Crippen LogP contribution in [0.2, 0.25) is 0 Å². The van der Waals surface area contributed by atoms with Crippen molar-refractivity contribution in [3.05, 3.63) is 60.9 Å². The minimum absolute atomic E-state index is 0.788. The highest BCUT2D eigenvalue weighted by Gasteiger charge is 2.06. The molecule has 4 rings (SSSR count). The Morgan fingerprint density at radius 2 is 1.83 bits per heavy atom. The first-order valence-corrected chi connectivity index (χ1v) is 9.16. The summed E-state index contributed by atoms with van der Waals surface area (Å²) < 4.78 is 7.03. The van der Waals surface area contributed by atoms with Gasteiger partial charge in [-0.2, -0.15) is 0 Å². The Hall–Kier alpha value is -2.39. The molecule has 4 aromatic rings.